The van der Waals surface area contributed by atoms with Gasteiger partial charge in [-0.25, -0.2) is 4.79 Å². The van der Waals surface area contributed by atoms with Crippen LogP contribution in [0.25, 0.3) is 0 Å². The molecule has 2 aromatic rings. The van der Waals surface area contributed by atoms with Crippen LogP contribution in [-0.2, 0) is 9.59 Å². The van der Waals surface area contributed by atoms with Crippen LogP contribution in [0, 0.1) is 13.8 Å². The number of carbonyl (C=O) groups is 3. The quantitative estimate of drug-likeness (QED) is 0.759. The summed E-state index contributed by atoms with van der Waals surface area (Å²) in [4.78, 5) is 35.8. The van der Waals surface area contributed by atoms with Gasteiger partial charge < -0.3 is 10.4 Å². The highest BCUT2D eigenvalue weighted by Crippen LogP contribution is 2.15. The molecule has 0 aromatic heterocycles. The zero-order chi connectivity index (χ0) is 18.4. The third kappa shape index (κ3) is 5.01. The summed E-state index contributed by atoms with van der Waals surface area (Å²) in [5.74, 6) is -1.72. The first-order chi connectivity index (χ1) is 11.9. The van der Waals surface area contributed by atoms with Crippen molar-refractivity contribution in [3.63, 3.8) is 0 Å². The van der Waals surface area contributed by atoms with Gasteiger partial charge in [-0.1, -0.05) is 48.0 Å². The number of aryl methyl sites for hydroxylation is 2. The van der Waals surface area contributed by atoms with E-state index in [9.17, 15) is 19.5 Å². The van der Waals surface area contributed by atoms with Crippen molar-refractivity contribution in [2.24, 2.45) is 0 Å². The van der Waals surface area contributed by atoms with E-state index in [2.05, 4.69) is 5.32 Å². The largest absolute Gasteiger partial charge is 0.479 e. The molecular weight excluding hydrogens is 318 g/mol. The van der Waals surface area contributed by atoms with Gasteiger partial charge in [0.15, 0.2) is 11.8 Å². The SMILES string of the molecule is Cc1ccc(C)c(C(=O)CCC(=O)NC(C(=O)O)c2ccccc2)c1. The Kier molecular flexibility index (Phi) is 6.06. The fourth-order valence-corrected chi connectivity index (χ4v) is 2.56. The Bertz CT molecular complexity index is 784. The van der Waals surface area contributed by atoms with E-state index < -0.39 is 17.9 Å². The van der Waals surface area contributed by atoms with Gasteiger partial charge in [0.2, 0.25) is 5.91 Å². The zero-order valence-electron chi connectivity index (χ0n) is 14.3. The first-order valence-corrected chi connectivity index (χ1v) is 8.06. The minimum atomic E-state index is -1.14. The summed E-state index contributed by atoms with van der Waals surface area (Å²) in [5.41, 5.74) is 2.94. The average Bonchev–Trinajstić information content (AvgIpc) is 2.60. The second-order valence-corrected chi connectivity index (χ2v) is 5.99. The highest BCUT2D eigenvalue weighted by molar-refractivity contribution is 5.99. The predicted molar refractivity (Wildman–Crippen MR) is 94.4 cm³/mol. The van der Waals surface area contributed by atoms with E-state index in [1.165, 1.54) is 0 Å². The van der Waals surface area contributed by atoms with Crippen molar-refractivity contribution in [2.45, 2.75) is 32.7 Å². The molecule has 25 heavy (non-hydrogen) atoms. The van der Waals surface area contributed by atoms with Gasteiger partial charge in [-0.3, -0.25) is 9.59 Å². The fourth-order valence-electron chi connectivity index (χ4n) is 2.56. The van der Waals surface area contributed by atoms with Crippen molar-refractivity contribution in [1.82, 2.24) is 5.32 Å². The van der Waals surface area contributed by atoms with Gasteiger partial charge in [0, 0.05) is 18.4 Å². The molecule has 2 N–H and O–H groups in total. The van der Waals surface area contributed by atoms with E-state index in [1.54, 1.807) is 36.4 Å². The summed E-state index contributed by atoms with van der Waals surface area (Å²) >= 11 is 0. The number of ketones is 1. The van der Waals surface area contributed by atoms with Gasteiger partial charge in [0.1, 0.15) is 0 Å². The van der Waals surface area contributed by atoms with E-state index in [0.717, 1.165) is 11.1 Å². The molecule has 1 unspecified atom stereocenters. The van der Waals surface area contributed by atoms with Crippen LogP contribution in [0.5, 0.6) is 0 Å². The lowest BCUT2D eigenvalue weighted by molar-refractivity contribution is -0.142. The lowest BCUT2D eigenvalue weighted by atomic mass is 9.99. The third-order valence-electron chi connectivity index (χ3n) is 3.96. The van der Waals surface area contributed by atoms with E-state index in [-0.39, 0.29) is 18.6 Å². The molecule has 0 aliphatic rings. The summed E-state index contributed by atoms with van der Waals surface area (Å²) in [6.45, 7) is 3.75. The molecule has 5 heteroatoms. The molecule has 1 amide bonds. The number of carboxylic acid groups (broad SMARTS) is 1. The number of aliphatic carboxylic acids is 1. The topological polar surface area (TPSA) is 83.5 Å². The summed E-state index contributed by atoms with van der Waals surface area (Å²) < 4.78 is 0. The maximum absolute atomic E-state index is 12.3. The fraction of sp³-hybridized carbons (Fsp3) is 0.250. The molecule has 0 heterocycles. The van der Waals surface area contributed by atoms with Crippen molar-refractivity contribution < 1.29 is 19.5 Å². The minimum absolute atomic E-state index is 0.0389. The first-order valence-electron chi connectivity index (χ1n) is 8.06. The molecule has 0 spiro atoms. The number of benzene rings is 2. The molecule has 5 nitrogen and oxygen atoms in total. The lowest BCUT2D eigenvalue weighted by Crippen LogP contribution is -2.33. The number of Topliss-reactive ketones (excluding diaryl/α,β-unsaturated/α-hetero) is 1. The number of carboxylic acids is 1. The molecule has 0 saturated carbocycles. The molecule has 0 bridgehead atoms. The monoisotopic (exact) mass is 339 g/mol. The molecule has 0 aliphatic heterocycles. The van der Waals surface area contributed by atoms with E-state index in [4.69, 9.17) is 0 Å². The second-order valence-electron chi connectivity index (χ2n) is 5.99. The Morgan fingerprint density at radius 1 is 1.00 bits per heavy atom. The van der Waals surface area contributed by atoms with E-state index in [0.29, 0.717) is 11.1 Å². The number of carbonyl (C=O) groups excluding carboxylic acids is 2. The molecule has 130 valence electrons. The molecule has 1 atom stereocenters. The van der Waals surface area contributed by atoms with Crippen LogP contribution in [0.1, 0.15) is 45.9 Å². The third-order valence-corrected chi connectivity index (χ3v) is 3.96. The van der Waals surface area contributed by atoms with Crippen LogP contribution in [0.4, 0.5) is 0 Å². The molecule has 0 radical (unpaired) electrons. The van der Waals surface area contributed by atoms with Crippen molar-refractivity contribution in [3.05, 3.63) is 70.8 Å². The molecule has 0 fully saturated rings. The Morgan fingerprint density at radius 3 is 2.32 bits per heavy atom. The second kappa shape index (κ2) is 8.24. The van der Waals surface area contributed by atoms with Gasteiger partial charge in [0.05, 0.1) is 0 Å². The molecular formula is C20H21NO4. The normalized spacial score (nSPS) is 11.6. The number of nitrogens with one attached hydrogen (secondary N) is 1. The summed E-state index contributed by atoms with van der Waals surface area (Å²) in [6, 6.07) is 13.0. The summed E-state index contributed by atoms with van der Waals surface area (Å²) in [6.07, 6.45) is -0.0138. The van der Waals surface area contributed by atoms with Gasteiger partial charge >= 0.3 is 5.97 Å². The number of hydrogen-bond donors (Lipinski definition) is 2. The standard InChI is InChI=1S/C20H21NO4/c1-13-8-9-14(2)16(12-13)17(22)10-11-18(23)21-19(20(24)25)15-6-4-3-5-7-15/h3-9,12,19H,10-11H2,1-2H3,(H,21,23)(H,24,25). The van der Waals surface area contributed by atoms with Crippen LogP contribution in [-0.4, -0.2) is 22.8 Å². The Balaban J connectivity index is 1.98. The van der Waals surface area contributed by atoms with Gasteiger partial charge in [-0.05, 0) is 31.0 Å². The molecule has 0 saturated heterocycles. The van der Waals surface area contributed by atoms with Crippen molar-refractivity contribution in [2.75, 3.05) is 0 Å². The van der Waals surface area contributed by atoms with E-state index in [1.807, 2.05) is 26.0 Å². The zero-order valence-corrected chi connectivity index (χ0v) is 14.3. The highest BCUT2D eigenvalue weighted by atomic mass is 16.4. The van der Waals surface area contributed by atoms with Crippen molar-refractivity contribution in [1.29, 1.82) is 0 Å². The van der Waals surface area contributed by atoms with Crippen LogP contribution >= 0.6 is 0 Å². The van der Waals surface area contributed by atoms with Gasteiger partial charge in [-0.15, -0.1) is 0 Å². The minimum Gasteiger partial charge on any atom is -0.479 e. The maximum Gasteiger partial charge on any atom is 0.330 e. The lowest BCUT2D eigenvalue weighted by Gasteiger charge is -2.15. The number of hydrogen-bond acceptors (Lipinski definition) is 3. The number of rotatable bonds is 7. The summed E-state index contributed by atoms with van der Waals surface area (Å²) in [5, 5.41) is 11.8. The molecule has 2 aromatic carbocycles. The predicted octanol–water partition coefficient (Wildman–Crippen LogP) is 3.21. The van der Waals surface area contributed by atoms with Crippen LogP contribution < -0.4 is 5.32 Å². The van der Waals surface area contributed by atoms with Gasteiger partial charge in [-0.2, -0.15) is 0 Å². The molecule has 0 aliphatic carbocycles. The Labute approximate surface area is 146 Å². The first kappa shape index (κ1) is 18.4. The number of amides is 1. The van der Waals surface area contributed by atoms with Crippen LogP contribution in [0.15, 0.2) is 48.5 Å². The van der Waals surface area contributed by atoms with Gasteiger partial charge in [0.25, 0.3) is 0 Å². The van der Waals surface area contributed by atoms with Crippen LogP contribution in [0.3, 0.4) is 0 Å². The highest BCUT2D eigenvalue weighted by Gasteiger charge is 2.22. The Morgan fingerprint density at radius 2 is 1.68 bits per heavy atom. The van der Waals surface area contributed by atoms with Crippen molar-refractivity contribution in [3.8, 4) is 0 Å². The van der Waals surface area contributed by atoms with Crippen molar-refractivity contribution >= 4 is 17.7 Å². The molecule has 2 rings (SSSR count). The summed E-state index contributed by atoms with van der Waals surface area (Å²) in [7, 11) is 0. The van der Waals surface area contributed by atoms with Crippen LogP contribution in [0.2, 0.25) is 0 Å². The smallest absolute Gasteiger partial charge is 0.330 e. The Hall–Kier alpha value is -2.95. The van der Waals surface area contributed by atoms with E-state index >= 15 is 0 Å². The maximum atomic E-state index is 12.3. The average molecular weight is 339 g/mol.